The molecule has 1 amide bonds. The van der Waals surface area contributed by atoms with Crippen LogP contribution in [0.4, 0.5) is 5.69 Å². The lowest BCUT2D eigenvalue weighted by atomic mass is 10.0. The molecule has 0 bridgehead atoms. The molecule has 134 valence electrons. The lowest BCUT2D eigenvalue weighted by Crippen LogP contribution is -2.12. The maximum atomic E-state index is 12.3. The number of nitrogens with one attached hydrogen (secondary N) is 1. The van der Waals surface area contributed by atoms with Crippen LogP contribution in [0.1, 0.15) is 23.4 Å². The number of carbonyl (C=O) groups excluding carboxylic acids is 1. The van der Waals surface area contributed by atoms with Gasteiger partial charge in [-0.1, -0.05) is 46.6 Å². The third-order valence-corrected chi connectivity index (χ3v) is 4.92. The second-order valence-corrected chi connectivity index (χ2v) is 6.87. The van der Waals surface area contributed by atoms with E-state index in [9.17, 15) is 4.79 Å². The van der Waals surface area contributed by atoms with E-state index in [0.29, 0.717) is 22.9 Å². The minimum absolute atomic E-state index is 0.0590. The highest BCUT2D eigenvalue weighted by molar-refractivity contribution is 6.42. The summed E-state index contributed by atoms with van der Waals surface area (Å²) in [5.41, 5.74) is 4.44. The quantitative estimate of drug-likeness (QED) is 0.597. The number of aromatic nitrogens is 1. The summed E-state index contributed by atoms with van der Waals surface area (Å²) >= 11 is 12.1. The molecule has 1 aromatic heterocycles. The molecule has 0 aliphatic rings. The summed E-state index contributed by atoms with van der Waals surface area (Å²) in [7, 11) is 0. The van der Waals surface area contributed by atoms with Crippen LogP contribution in [0.2, 0.25) is 10.0 Å². The number of hydrogen-bond donors (Lipinski definition) is 1. The SMILES string of the molecule is Cc1noc(C)c1CCC(=O)Nc1cccc(-c2ccc(Cl)c(Cl)c2)c1. The van der Waals surface area contributed by atoms with E-state index in [-0.39, 0.29) is 5.91 Å². The minimum Gasteiger partial charge on any atom is -0.361 e. The fourth-order valence-corrected chi connectivity index (χ4v) is 3.07. The van der Waals surface area contributed by atoms with Crippen LogP contribution >= 0.6 is 23.2 Å². The molecule has 0 radical (unpaired) electrons. The van der Waals surface area contributed by atoms with Crippen LogP contribution in [-0.4, -0.2) is 11.1 Å². The molecular formula is C20H18Cl2N2O2. The summed E-state index contributed by atoms with van der Waals surface area (Å²) in [5, 5.41) is 7.85. The average Bonchev–Trinajstić information content (AvgIpc) is 2.94. The number of amides is 1. The lowest BCUT2D eigenvalue weighted by molar-refractivity contribution is -0.116. The van der Waals surface area contributed by atoms with Crippen molar-refractivity contribution in [3.63, 3.8) is 0 Å². The van der Waals surface area contributed by atoms with E-state index in [1.54, 1.807) is 6.07 Å². The molecule has 0 aliphatic heterocycles. The zero-order valence-corrected chi connectivity index (χ0v) is 16.0. The lowest BCUT2D eigenvalue weighted by Gasteiger charge is -2.08. The summed E-state index contributed by atoms with van der Waals surface area (Å²) in [6.45, 7) is 3.73. The molecule has 0 spiro atoms. The molecule has 0 aliphatic carbocycles. The Balaban J connectivity index is 1.68. The summed E-state index contributed by atoms with van der Waals surface area (Å²) in [6, 6.07) is 13.1. The van der Waals surface area contributed by atoms with Crippen molar-refractivity contribution in [1.29, 1.82) is 0 Å². The van der Waals surface area contributed by atoms with Crippen molar-refractivity contribution in [2.75, 3.05) is 5.32 Å². The zero-order chi connectivity index (χ0) is 18.7. The third kappa shape index (κ3) is 4.26. The first-order valence-corrected chi connectivity index (χ1v) is 8.96. The minimum atomic E-state index is -0.0590. The molecular weight excluding hydrogens is 371 g/mol. The second-order valence-electron chi connectivity index (χ2n) is 6.06. The first kappa shape index (κ1) is 18.5. The van der Waals surface area contributed by atoms with Crippen molar-refractivity contribution in [3.05, 3.63) is 69.5 Å². The van der Waals surface area contributed by atoms with E-state index in [1.165, 1.54) is 0 Å². The van der Waals surface area contributed by atoms with Gasteiger partial charge in [0.25, 0.3) is 0 Å². The number of hydrogen-bond acceptors (Lipinski definition) is 3. The Labute approximate surface area is 162 Å². The maximum Gasteiger partial charge on any atom is 0.224 e. The van der Waals surface area contributed by atoms with Crippen LogP contribution in [0.25, 0.3) is 11.1 Å². The molecule has 3 rings (SSSR count). The summed E-state index contributed by atoms with van der Waals surface area (Å²) in [6.07, 6.45) is 0.958. The van der Waals surface area contributed by atoms with Crippen LogP contribution in [-0.2, 0) is 11.2 Å². The topological polar surface area (TPSA) is 55.1 Å². The fraction of sp³-hybridized carbons (Fsp3) is 0.200. The highest BCUT2D eigenvalue weighted by Crippen LogP contribution is 2.29. The predicted octanol–water partition coefficient (Wildman–Crippen LogP) is 5.84. The molecule has 0 fully saturated rings. The number of nitrogens with zero attached hydrogens (tertiary/aromatic N) is 1. The molecule has 0 atom stereocenters. The van der Waals surface area contributed by atoms with Gasteiger partial charge in [-0.25, -0.2) is 0 Å². The van der Waals surface area contributed by atoms with Crippen LogP contribution < -0.4 is 5.32 Å². The number of aryl methyl sites for hydroxylation is 2. The van der Waals surface area contributed by atoms with Crippen molar-refractivity contribution in [2.24, 2.45) is 0 Å². The molecule has 6 heteroatoms. The van der Waals surface area contributed by atoms with Gasteiger partial charge in [0.2, 0.25) is 5.91 Å². The van der Waals surface area contributed by atoms with E-state index >= 15 is 0 Å². The Morgan fingerprint density at radius 1 is 1.08 bits per heavy atom. The predicted molar refractivity (Wildman–Crippen MR) is 105 cm³/mol. The smallest absolute Gasteiger partial charge is 0.224 e. The molecule has 1 N–H and O–H groups in total. The molecule has 4 nitrogen and oxygen atoms in total. The van der Waals surface area contributed by atoms with Crippen molar-refractivity contribution in [1.82, 2.24) is 5.16 Å². The monoisotopic (exact) mass is 388 g/mol. The van der Waals surface area contributed by atoms with Crippen molar-refractivity contribution < 1.29 is 9.32 Å². The maximum absolute atomic E-state index is 12.3. The van der Waals surface area contributed by atoms with E-state index in [1.807, 2.05) is 50.2 Å². The van der Waals surface area contributed by atoms with Crippen molar-refractivity contribution in [2.45, 2.75) is 26.7 Å². The average molecular weight is 389 g/mol. The van der Waals surface area contributed by atoms with Crippen LogP contribution in [0.3, 0.4) is 0 Å². The highest BCUT2D eigenvalue weighted by atomic mass is 35.5. The number of anilines is 1. The summed E-state index contributed by atoms with van der Waals surface area (Å²) in [4.78, 5) is 12.3. The van der Waals surface area contributed by atoms with E-state index in [2.05, 4.69) is 10.5 Å². The van der Waals surface area contributed by atoms with Gasteiger partial charge in [-0.15, -0.1) is 0 Å². The summed E-state index contributed by atoms with van der Waals surface area (Å²) < 4.78 is 5.13. The van der Waals surface area contributed by atoms with Gasteiger partial charge in [0.1, 0.15) is 5.76 Å². The number of halogens is 2. The van der Waals surface area contributed by atoms with Gasteiger partial charge in [0, 0.05) is 17.7 Å². The van der Waals surface area contributed by atoms with E-state index in [0.717, 1.165) is 33.8 Å². The van der Waals surface area contributed by atoms with Crippen molar-refractivity contribution >= 4 is 34.8 Å². The van der Waals surface area contributed by atoms with Gasteiger partial charge in [-0.3, -0.25) is 4.79 Å². The van der Waals surface area contributed by atoms with Crippen LogP contribution in [0.5, 0.6) is 0 Å². The van der Waals surface area contributed by atoms with Gasteiger partial charge in [-0.05, 0) is 55.7 Å². The number of benzene rings is 2. The highest BCUT2D eigenvalue weighted by Gasteiger charge is 2.11. The van der Waals surface area contributed by atoms with Gasteiger partial charge >= 0.3 is 0 Å². The Bertz CT molecular complexity index is 931. The third-order valence-electron chi connectivity index (χ3n) is 4.18. The van der Waals surface area contributed by atoms with Crippen LogP contribution in [0.15, 0.2) is 47.0 Å². The Kier molecular flexibility index (Phi) is 5.64. The Hall–Kier alpha value is -2.30. The van der Waals surface area contributed by atoms with E-state index < -0.39 is 0 Å². The van der Waals surface area contributed by atoms with E-state index in [4.69, 9.17) is 27.7 Å². The van der Waals surface area contributed by atoms with Gasteiger partial charge in [0.05, 0.1) is 15.7 Å². The largest absolute Gasteiger partial charge is 0.361 e. The molecule has 3 aromatic rings. The van der Waals surface area contributed by atoms with Gasteiger partial charge in [-0.2, -0.15) is 0 Å². The summed E-state index contributed by atoms with van der Waals surface area (Å²) in [5.74, 6) is 0.702. The Morgan fingerprint density at radius 3 is 2.54 bits per heavy atom. The van der Waals surface area contributed by atoms with Gasteiger partial charge < -0.3 is 9.84 Å². The standard InChI is InChI=1S/C20H18Cl2N2O2/c1-12-17(13(2)26-24-12)7-9-20(25)23-16-5-3-4-14(10-16)15-6-8-18(21)19(22)11-15/h3-6,8,10-11H,7,9H2,1-2H3,(H,23,25). The number of rotatable bonds is 5. The second kappa shape index (κ2) is 7.94. The van der Waals surface area contributed by atoms with Gasteiger partial charge in [0.15, 0.2) is 0 Å². The first-order valence-electron chi connectivity index (χ1n) is 8.21. The molecule has 0 saturated heterocycles. The molecule has 0 saturated carbocycles. The Morgan fingerprint density at radius 2 is 1.85 bits per heavy atom. The fourth-order valence-electron chi connectivity index (χ4n) is 2.77. The molecule has 2 aromatic carbocycles. The van der Waals surface area contributed by atoms with Crippen molar-refractivity contribution in [3.8, 4) is 11.1 Å². The first-order chi connectivity index (χ1) is 12.4. The normalized spacial score (nSPS) is 10.8. The zero-order valence-electron chi connectivity index (χ0n) is 14.5. The number of carbonyl (C=O) groups is 1. The molecule has 26 heavy (non-hydrogen) atoms. The molecule has 1 heterocycles. The van der Waals surface area contributed by atoms with Crippen LogP contribution in [0, 0.1) is 13.8 Å². The molecule has 0 unspecified atom stereocenters.